The molecule has 2 aromatic carbocycles. The molecule has 1 aliphatic rings. The summed E-state index contributed by atoms with van der Waals surface area (Å²) >= 11 is 0. The van der Waals surface area contributed by atoms with E-state index in [9.17, 15) is 15.2 Å². The topological polar surface area (TPSA) is 103 Å². The molecule has 1 unspecified atom stereocenters. The van der Waals surface area contributed by atoms with Gasteiger partial charge in [-0.15, -0.1) is 0 Å². The lowest BCUT2D eigenvalue weighted by molar-refractivity contribution is -0.132. The second-order valence-corrected chi connectivity index (χ2v) is 7.41. The average Bonchev–Trinajstić information content (AvgIpc) is 3.00. The van der Waals surface area contributed by atoms with E-state index < -0.39 is 11.5 Å². The summed E-state index contributed by atoms with van der Waals surface area (Å²) in [5.74, 6) is -0.410. The van der Waals surface area contributed by atoms with Gasteiger partial charge in [-0.25, -0.2) is 4.79 Å². The van der Waals surface area contributed by atoms with Gasteiger partial charge in [0.25, 0.3) is 0 Å². The van der Waals surface area contributed by atoms with Crippen LogP contribution in [0.1, 0.15) is 36.5 Å². The Hall–Kier alpha value is -3.24. The van der Waals surface area contributed by atoms with Gasteiger partial charge in [0.2, 0.25) is 0 Å². The van der Waals surface area contributed by atoms with Crippen LogP contribution in [0.3, 0.4) is 0 Å². The number of aliphatic carboxylic acids is 1. The molecule has 0 bridgehead atoms. The third-order valence-corrected chi connectivity index (χ3v) is 4.94. The van der Waals surface area contributed by atoms with Gasteiger partial charge < -0.3 is 20.3 Å². The minimum Gasteiger partial charge on any atom is -0.490 e. The van der Waals surface area contributed by atoms with Crippen molar-refractivity contribution in [2.45, 2.75) is 25.3 Å². The number of carbonyl (C=O) groups is 1. The number of nitrogens with one attached hydrogen (secondary N) is 1. The summed E-state index contributed by atoms with van der Waals surface area (Å²) < 4.78 is 5.67. The van der Waals surface area contributed by atoms with Gasteiger partial charge in [0.15, 0.2) is 0 Å². The molecule has 29 heavy (non-hydrogen) atoms. The maximum Gasteiger partial charge on any atom is 0.332 e. The molecule has 3 rings (SSSR count). The van der Waals surface area contributed by atoms with Gasteiger partial charge in [-0.1, -0.05) is 44.7 Å². The monoisotopic (exact) mass is 388 g/mol. The lowest BCUT2D eigenvalue weighted by Gasteiger charge is -2.20. The van der Waals surface area contributed by atoms with E-state index in [1.165, 1.54) is 5.56 Å². The van der Waals surface area contributed by atoms with Crippen molar-refractivity contribution in [2.24, 2.45) is 0 Å². The van der Waals surface area contributed by atoms with E-state index in [1.54, 1.807) is 6.07 Å². The average molecular weight is 388 g/mol. The Morgan fingerprint density at radius 1 is 1.41 bits per heavy atom. The lowest BCUT2D eigenvalue weighted by Crippen LogP contribution is -2.28. The number of nitrogens with zero attached hydrogens (tertiary/aromatic N) is 1. The number of carboxylic acid groups (broad SMARTS) is 1. The number of hydrogen-bond donors (Lipinski definition) is 3. The predicted molar refractivity (Wildman–Crippen MR) is 111 cm³/mol. The summed E-state index contributed by atoms with van der Waals surface area (Å²) in [7, 11) is 5.99. The van der Waals surface area contributed by atoms with Gasteiger partial charge in [0.05, 0.1) is 16.8 Å². The zero-order valence-corrected chi connectivity index (χ0v) is 16.3. The fraction of sp³-hybridized carbons (Fsp3) is 0.273. The molecule has 0 amide bonds. The molecule has 1 atom stereocenters. The molecule has 0 aromatic heterocycles. The molecule has 146 valence electrons. The lowest BCUT2D eigenvalue weighted by atomic mass is 9.74. The molecule has 1 heterocycles. The Balaban J connectivity index is 2.15. The normalized spacial score (nSPS) is 17.3. The zero-order valence-electron chi connectivity index (χ0n) is 16.3. The molecular formula is C22H21BN2O4. The third kappa shape index (κ3) is 3.85. The Morgan fingerprint density at radius 2 is 2.07 bits per heavy atom. The first kappa shape index (κ1) is 20.5. The Labute approximate surface area is 170 Å². The highest BCUT2D eigenvalue weighted by molar-refractivity contribution is 6.16. The van der Waals surface area contributed by atoms with Gasteiger partial charge >= 0.3 is 5.97 Å². The maximum atomic E-state index is 11.1. The molecule has 0 fully saturated rings. The molecule has 6 nitrogen and oxygen atoms in total. The van der Waals surface area contributed by atoms with Crippen LogP contribution >= 0.6 is 0 Å². The van der Waals surface area contributed by atoms with E-state index in [1.807, 2.05) is 30.3 Å². The van der Waals surface area contributed by atoms with Crippen LogP contribution in [0.5, 0.6) is 5.75 Å². The van der Waals surface area contributed by atoms with Crippen molar-refractivity contribution >= 4 is 19.5 Å². The summed E-state index contributed by atoms with van der Waals surface area (Å²) in [4.78, 5) is 11.1. The van der Waals surface area contributed by atoms with Gasteiger partial charge in [-0.05, 0) is 23.1 Å². The van der Waals surface area contributed by atoms with E-state index in [-0.39, 0.29) is 29.9 Å². The molecule has 0 saturated carbocycles. The van der Waals surface area contributed by atoms with Crippen LogP contribution in [0.25, 0.3) is 11.1 Å². The summed E-state index contributed by atoms with van der Waals surface area (Å²) in [5.41, 5.74) is 1.42. The van der Waals surface area contributed by atoms with Crippen LogP contribution in [-0.4, -0.2) is 37.2 Å². The van der Waals surface area contributed by atoms with Gasteiger partial charge in [-0.2, -0.15) is 5.26 Å². The molecule has 2 radical (unpaired) electrons. The van der Waals surface area contributed by atoms with Crippen molar-refractivity contribution in [3.8, 4) is 22.9 Å². The second kappa shape index (κ2) is 7.65. The highest BCUT2D eigenvalue weighted by Crippen LogP contribution is 2.47. The maximum absolute atomic E-state index is 11.1. The van der Waals surface area contributed by atoms with Gasteiger partial charge in [-0.3, -0.25) is 0 Å². The molecule has 1 aliphatic heterocycles. The summed E-state index contributed by atoms with van der Waals surface area (Å²) in [6, 6.07) is 11.6. The van der Waals surface area contributed by atoms with Gasteiger partial charge in [0, 0.05) is 23.2 Å². The molecule has 3 N–H and O–H groups in total. The first-order valence-corrected chi connectivity index (χ1v) is 9.16. The first-order valence-electron chi connectivity index (χ1n) is 9.16. The molecular weight excluding hydrogens is 367 g/mol. The first-order chi connectivity index (χ1) is 13.7. The van der Waals surface area contributed by atoms with Crippen LogP contribution in [-0.2, 0) is 10.3 Å². The fourth-order valence-corrected chi connectivity index (χ4v) is 3.28. The number of benzene rings is 2. The number of nitriles is 1. The van der Waals surface area contributed by atoms with E-state index >= 15 is 0 Å². The van der Waals surface area contributed by atoms with Crippen molar-refractivity contribution in [3.63, 3.8) is 0 Å². The summed E-state index contributed by atoms with van der Waals surface area (Å²) in [5, 5.41) is 32.3. The molecule has 7 heteroatoms. The molecule has 2 aromatic rings. The molecule has 0 spiro atoms. The van der Waals surface area contributed by atoms with Crippen molar-refractivity contribution in [1.29, 1.82) is 5.26 Å². The summed E-state index contributed by atoms with van der Waals surface area (Å²) in [6.45, 7) is 7.44. The van der Waals surface area contributed by atoms with Crippen LogP contribution in [0, 0.1) is 11.3 Å². The van der Waals surface area contributed by atoms with E-state index in [0.717, 1.165) is 5.56 Å². The Morgan fingerprint density at radius 3 is 2.62 bits per heavy atom. The number of hydrogen-bond acceptors (Lipinski definition) is 5. The van der Waals surface area contributed by atoms with E-state index in [4.69, 9.17) is 17.7 Å². The van der Waals surface area contributed by atoms with Crippen LogP contribution in [0.4, 0.5) is 5.69 Å². The van der Waals surface area contributed by atoms with E-state index in [2.05, 4.69) is 25.7 Å². The highest BCUT2D eigenvalue weighted by atomic mass is 16.5. The third-order valence-electron chi connectivity index (χ3n) is 4.94. The highest BCUT2D eigenvalue weighted by Gasteiger charge is 2.39. The number of rotatable bonds is 6. The predicted octanol–water partition coefficient (Wildman–Crippen LogP) is 3.11. The number of anilines is 1. The summed E-state index contributed by atoms with van der Waals surface area (Å²) in [6.07, 6.45) is 0. The van der Waals surface area contributed by atoms with Crippen molar-refractivity contribution in [3.05, 3.63) is 59.2 Å². The zero-order chi connectivity index (χ0) is 21.3. The smallest absolute Gasteiger partial charge is 0.332 e. The molecule has 0 saturated heterocycles. The molecule has 0 aliphatic carbocycles. The van der Waals surface area contributed by atoms with Crippen molar-refractivity contribution in [2.75, 3.05) is 18.5 Å². The van der Waals surface area contributed by atoms with E-state index in [0.29, 0.717) is 22.9 Å². The van der Waals surface area contributed by atoms with Crippen molar-refractivity contribution < 1.29 is 19.7 Å². The number of fused-ring (bicyclic) bond motifs is 1. The standard InChI is InChI=1S/C22H21BN2O4/c1-12(2)14-4-6-15(7-5-14)16-8-18(25-10-13(3)21(26)27)17(9-24)19-20(16)29-11-22(19,23)28/h4-8,12,25,28H,3,10-11H2,1-2H3,(H,26,27). The second-order valence-electron chi connectivity index (χ2n) is 7.41. The SMILES string of the molecule is [B]C1(O)COc2c(-c3ccc(C(C)C)cc3)cc(NCC(=C)C(=O)O)c(C#N)c21. The van der Waals surface area contributed by atoms with Crippen molar-refractivity contribution in [1.82, 2.24) is 0 Å². The Bertz CT molecular complexity index is 1020. The minimum atomic E-state index is -1.82. The fourth-order valence-electron chi connectivity index (χ4n) is 3.28. The van der Waals surface area contributed by atoms with Crippen LogP contribution in [0.2, 0.25) is 0 Å². The quantitative estimate of drug-likeness (QED) is 0.519. The number of aliphatic hydroxyl groups is 1. The van der Waals surface area contributed by atoms with Crippen LogP contribution < -0.4 is 10.1 Å². The number of carboxylic acids is 1. The minimum absolute atomic E-state index is 0.0588. The Kier molecular flexibility index (Phi) is 5.41. The largest absolute Gasteiger partial charge is 0.490 e. The number of ether oxygens (including phenoxy) is 1. The van der Waals surface area contributed by atoms with Gasteiger partial charge in [0.1, 0.15) is 26.3 Å². The van der Waals surface area contributed by atoms with Crippen LogP contribution in [0.15, 0.2) is 42.5 Å².